The standard InChI is InChI=1S/C20H16O2/c21-17-10-11-18(22)20-16(17)12-14-8-4-5-9-15(14)19(20)13-6-2-1-3-7-13/h1-11,16,19-20H,12H2/t16-,19-,20-/m1/s1. The summed E-state index contributed by atoms with van der Waals surface area (Å²) in [7, 11) is 0. The van der Waals surface area contributed by atoms with Gasteiger partial charge in [0.15, 0.2) is 11.6 Å². The Morgan fingerprint density at radius 1 is 0.773 bits per heavy atom. The van der Waals surface area contributed by atoms with E-state index in [0.29, 0.717) is 6.42 Å². The predicted molar refractivity (Wildman–Crippen MR) is 84.6 cm³/mol. The van der Waals surface area contributed by atoms with Crippen molar-refractivity contribution in [2.75, 3.05) is 0 Å². The lowest BCUT2D eigenvalue weighted by Crippen LogP contribution is -2.41. The van der Waals surface area contributed by atoms with Gasteiger partial charge in [0.25, 0.3) is 0 Å². The summed E-state index contributed by atoms with van der Waals surface area (Å²) in [6, 6.07) is 18.3. The molecule has 4 rings (SSSR count). The van der Waals surface area contributed by atoms with Crippen LogP contribution in [0.25, 0.3) is 0 Å². The zero-order valence-corrected chi connectivity index (χ0v) is 12.1. The number of allylic oxidation sites excluding steroid dienone is 2. The van der Waals surface area contributed by atoms with Crippen molar-refractivity contribution in [1.29, 1.82) is 0 Å². The number of hydrogen-bond donors (Lipinski definition) is 0. The third-order valence-corrected chi connectivity index (χ3v) is 4.89. The summed E-state index contributed by atoms with van der Waals surface area (Å²) < 4.78 is 0. The first-order valence-corrected chi connectivity index (χ1v) is 7.64. The molecule has 0 spiro atoms. The first kappa shape index (κ1) is 13.2. The van der Waals surface area contributed by atoms with Crippen LogP contribution in [-0.4, -0.2) is 11.6 Å². The quantitative estimate of drug-likeness (QED) is 0.806. The highest BCUT2D eigenvalue weighted by Crippen LogP contribution is 2.45. The van der Waals surface area contributed by atoms with E-state index in [9.17, 15) is 9.59 Å². The average Bonchev–Trinajstić information content (AvgIpc) is 2.57. The van der Waals surface area contributed by atoms with Gasteiger partial charge in [-0.05, 0) is 35.3 Å². The second-order valence-corrected chi connectivity index (χ2v) is 6.06. The summed E-state index contributed by atoms with van der Waals surface area (Å²) in [5.41, 5.74) is 3.49. The van der Waals surface area contributed by atoms with Gasteiger partial charge in [0, 0.05) is 17.8 Å². The number of benzene rings is 2. The minimum atomic E-state index is -0.269. The summed E-state index contributed by atoms with van der Waals surface area (Å²) in [6.45, 7) is 0. The van der Waals surface area contributed by atoms with E-state index >= 15 is 0 Å². The van der Waals surface area contributed by atoms with Gasteiger partial charge >= 0.3 is 0 Å². The molecule has 22 heavy (non-hydrogen) atoms. The molecule has 2 aliphatic carbocycles. The van der Waals surface area contributed by atoms with Crippen molar-refractivity contribution in [2.45, 2.75) is 12.3 Å². The fourth-order valence-corrected chi connectivity index (χ4v) is 3.90. The first-order valence-electron chi connectivity index (χ1n) is 7.64. The molecule has 0 bridgehead atoms. The molecule has 0 aromatic heterocycles. The highest BCUT2D eigenvalue weighted by Gasteiger charge is 2.44. The highest BCUT2D eigenvalue weighted by atomic mass is 16.1. The van der Waals surface area contributed by atoms with Crippen LogP contribution in [0.5, 0.6) is 0 Å². The maximum atomic E-state index is 12.5. The first-order chi connectivity index (χ1) is 10.8. The Morgan fingerprint density at radius 2 is 1.45 bits per heavy atom. The molecule has 0 N–H and O–H groups in total. The topological polar surface area (TPSA) is 34.1 Å². The van der Waals surface area contributed by atoms with Gasteiger partial charge in [-0.3, -0.25) is 9.59 Å². The summed E-state index contributed by atoms with van der Waals surface area (Å²) in [5, 5.41) is 0. The van der Waals surface area contributed by atoms with Crippen LogP contribution in [0.15, 0.2) is 66.7 Å². The predicted octanol–water partition coefficient (Wildman–Crippen LogP) is 3.32. The largest absolute Gasteiger partial charge is 0.295 e. The third-order valence-electron chi connectivity index (χ3n) is 4.89. The Balaban J connectivity index is 1.93. The summed E-state index contributed by atoms with van der Waals surface area (Å²) in [4.78, 5) is 24.9. The Hall–Kier alpha value is -2.48. The summed E-state index contributed by atoms with van der Waals surface area (Å²) in [6.07, 6.45) is 3.59. The van der Waals surface area contributed by atoms with Gasteiger partial charge in [-0.25, -0.2) is 0 Å². The number of ketones is 2. The van der Waals surface area contributed by atoms with Crippen LogP contribution >= 0.6 is 0 Å². The van der Waals surface area contributed by atoms with Crippen LogP contribution in [0.1, 0.15) is 22.6 Å². The molecule has 2 nitrogen and oxygen atoms in total. The lowest BCUT2D eigenvalue weighted by atomic mass is 9.62. The third kappa shape index (κ3) is 1.95. The van der Waals surface area contributed by atoms with Gasteiger partial charge in [0.05, 0.1) is 0 Å². The number of fused-ring (bicyclic) bond motifs is 2. The smallest absolute Gasteiger partial charge is 0.160 e. The Kier molecular flexibility index (Phi) is 3.04. The minimum Gasteiger partial charge on any atom is -0.295 e. The fourth-order valence-electron chi connectivity index (χ4n) is 3.90. The molecular formula is C20H16O2. The normalized spacial score (nSPS) is 26.5. The molecule has 2 aromatic carbocycles. The van der Waals surface area contributed by atoms with E-state index < -0.39 is 0 Å². The zero-order chi connectivity index (χ0) is 15.1. The van der Waals surface area contributed by atoms with Crippen molar-refractivity contribution in [3.05, 3.63) is 83.4 Å². The molecule has 2 heteroatoms. The van der Waals surface area contributed by atoms with E-state index in [1.165, 1.54) is 23.3 Å². The number of rotatable bonds is 1. The van der Waals surface area contributed by atoms with Crippen molar-refractivity contribution in [1.82, 2.24) is 0 Å². The fraction of sp³-hybridized carbons (Fsp3) is 0.200. The van der Waals surface area contributed by atoms with E-state index in [-0.39, 0.29) is 29.3 Å². The highest BCUT2D eigenvalue weighted by molar-refractivity contribution is 6.08. The summed E-state index contributed by atoms with van der Waals surface area (Å²) >= 11 is 0. The van der Waals surface area contributed by atoms with Gasteiger partial charge in [-0.2, -0.15) is 0 Å². The Bertz CT molecular complexity index is 773. The monoisotopic (exact) mass is 288 g/mol. The van der Waals surface area contributed by atoms with Gasteiger partial charge in [-0.1, -0.05) is 54.6 Å². The average molecular weight is 288 g/mol. The van der Waals surface area contributed by atoms with E-state index in [4.69, 9.17) is 0 Å². The minimum absolute atomic E-state index is 0.0300. The van der Waals surface area contributed by atoms with Gasteiger partial charge in [-0.15, -0.1) is 0 Å². The number of hydrogen-bond acceptors (Lipinski definition) is 2. The van der Waals surface area contributed by atoms with Crippen LogP contribution in [0, 0.1) is 11.8 Å². The van der Waals surface area contributed by atoms with Crippen molar-refractivity contribution in [2.24, 2.45) is 11.8 Å². The van der Waals surface area contributed by atoms with Crippen molar-refractivity contribution in [3.8, 4) is 0 Å². The van der Waals surface area contributed by atoms with Crippen molar-refractivity contribution in [3.63, 3.8) is 0 Å². The molecule has 0 saturated carbocycles. The second kappa shape index (κ2) is 5.06. The van der Waals surface area contributed by atoms with E-state index in [0.717, 1.165) is 5.56 Å². The van der Waals surface area contributed by atoms with Crippen LogP contribution in [0.2, 0.25) is 0 Å². The van der Waals surface area contributed by atoms with Gasteiger partial charge < -0.3 is 0 Å². The van der Waals surface area contributed by atoms with E-state index in [1.807, 2.05) is 30.3 Å². The lowest BCUT2D eigenvalue weighted by Gasteiger charge is -2.39. The van der Waals surface area contributed by atoms with Crippen molar-refractivity contribution >= 4 is 11.6 Å². The molecule has 2 aromatic rings. The lowest BCUT2D eigenvalue weighted by molar-refractivity contribution is -0.129. The molecule has 0 unspecified atom stereocenters. The van der Waals surface area contributed by atoms with E-state index in [2.05, 4.69) is 24.3 Å². The van der Waals surface area contributed by atoms with Crippen LogP contribution in [-0.2, 0) is 16.0 Å². The van der Waals surface area contributed by atoms with Crippen LogP contribution < -0.4 is 0 Å². The second-order valence-electron chi connectivity index (χ2n) is 6.06. The SMILES string of the molecule is O=C1C=CC(=O)[C@H]2Cc3ccccc3[C@@H](c3ccccc3)[C@@H]12. The van der Waals surface area contributed by atoms with Crippen LogP contribution in [0.4, 0.5) is 0 Å². The van der Waals surface area contributed by atoms with Gasteiger partial charge in [0.2, 0.25) is 0 Å². The molecule has 108 valence electrons. The maximum Gasteiger partial charge on any atom is 0.160 e. The molecule has 3 atom stereocenters. The number of carbonyl (C=O) groups is 2. The molecule has 0 saturated heterocycles. The van der Waals surface area contributed by atoms with E-state index in [1.54, 1.807) is 0 Å². The summed E-state index contributed by atoms with van der Waals surface area (Å²) in [5.74, 6) is -0.363. The molecule has 0 amide bonds. The molecule has 2 aliphatic rings. The zero-order valence-electron chi connectivity index (χ0n) is 12.1. The number of carbonyl (C=O) groups excluding carboxylic acids is 2. The Morgan fingerprint density at radius 3 is 2.27 bits per heavy atom. The van der Waals surface area contributed by atoms with Crippen LogP contribution in [0.3, 0.4) is 0 Å². The molecular weight excluding hydrogens is 272 g/mol. The molecule has 0 fully saturated rings. The van der Waals surface area contributed by atoms with Crippen molar-refractivity contribution < 1.29 is 9.59 Å². The maximum absolute atomic E-state index is 12.5. The molecule has 0 aliphatic heterocycles. The molecule has 0 radical (unpaired) electrons. The Labute approximate surface area is 129 Å². The van der Waals surface area contributed by atoms with Gasteiger partial charge in [0.1, 0.15) is 0 Å². The molecule has 0 heterocycles.